The van der Waals surface area contributed by atoms with E-state index in [0.717, 1.165) is 26.1 Å². The van der Waals surface area contributed by atoms with Crippen LogP contribution in [0.15, 0.2) is 18.2 Å². The summed E-state index contributed by atoms with van der Waals surface area (Å²) in [4.78, 5) is 13.4. The second-order valence-electron chi connectivity index (χ2n) is 5.14. The Hall–Kier alpha value is -1.55. The summed E-state index contributed by atoms with van der Waals surface area (Å²) >= 11 is 0. The monoisotopic (exact) mass is 277 g/mol. The fourth-order valence-corrected chi connectivity index (χ4v) is 2.18. The lowest BCUT2D eigenvalue weighted by atomic mass is 10.1. The molecule has 0 saturated heterocycles. The number of rotatable bonds is 8. The number of nitrogens with zero attached hydrogens (tertiary/aromatic N) is 1. The van der Waals surface area contributed by atoms with E-state index in [1.54, 1.807) is 7.05 Å². The Labute approximate surface area is 122 Å². The van der Waals surface area contributed by atoms with Crippen LogP contribution in [-0.2, 0) is 11.3 Å². The maximum Gasteiger partial charge on any atom is 0.221 e. The first kappa shape index (κ1) is 16.5. The van der Waals surface area contributed by atoms with Crippen molar-refractivity contribution in [1.29, 1.82) is 0 Å². The number of hydrogen-bond donors (Lipinski definition) is 2. The van der Waals surface area contributed by atoms with E-state index < -0.39 is 0 Å². The second kappa shape index (κ2) is 8.59. The molecule has 0 bridgehead atoms. The molecule has 0 spiro atoms. The van der Waals surface area contributed by atoms with Crippen LogP contribution in [0, 0.1) is 6.92 Å². The van der Waals surface area contributed by atoms with Crippen molar-refractivity contribution < 1.29 is 4.79 Å². The zero-order valence-corrected chi connectivity index (χ0v) is 13.1. The van der Waals surface area contributed by atoms with Crippen LogP contribution in [0.5, 0.6) is 0 Å². The third-order valence-electron chi connectivity index (χ3n) is 3.38. The predicted octanol–water partition coefficient (Wildman–Crippen LogP) is 2.07. The fraction of sp³-hybridized carbons (Fsp3) is 0.562. The van der Waals surface area contributed by atoms with Crippen molar-refractivity contribution in [2.45, 2.75) is 33.2 Å². The number of benzene rings is 1. The lowest BCUT2D eigenvalue weighted by Gasteiger charge is -2.21. The molecule has 0 aliphatic rings. The highest BCUT2D eigenvalue weighted by Crippen LogP contribution is 2.20. The summed E-state index contributed by atoms with van der Waals surface area (Å²) < 4.78 is 0. The Kier molecular flexibility index (Phi) is 7.09. The number of hydrogen-bond acceptors (Lipinski definition) is 3. The van der Waals surface area contributed by atoms with E-state index in [4.69, 9.17) is 0 Å². The van der Waals surface area contributed by atoms with Crippen LogP contribution in [0.2, 0.25) is 0 Å². The first-order valence-electron chi connectivity index (χ1n) is 7.30. The van der Waals surface area contributed by atoms with E-state index in [0.29, 0.717) is 6.42 Å². The molecule has 0 atom stereocenters. The molecule has 0 aliphatic carbocycles. The van der Waals surface area contributed by atoms with Crippen molar-refractivity contribution in [2.75, 3.05) is 32.1 Å². The molecular formula is C16H27N3O. The summed E-state index contributed by atoms with van der Waals surface area (Å²) in [7, 11) is 3.70. The summed E-state index contributed by atoms with van der Waals surface area (Å²) in [5, 5.41) is 6.06. The van der Waals surface area contributed by atoms with Crippen LogP contribution in [0.4, 0.5) is 5.69 Å². The summed E-state index contributed by atoms with van der Waals surface area (Å²) in [6, 6.07) is 6.51. The van der Waals surface area contributed by atoms with Crippen molar-refractivity contribution in [3.63, 3.8) is 0 Å². The Bertz CT molecular complexity index is 432. The summed E-state index contributed by atoms with van der Waals surface area (Å²) in [6.45, 7) is 6.98. The van der Waals surface area contributed by atoms with Gasteiger partial charge in [-0.1, -0.05) is 19.1 Å². The van der Waals surface area contributed by atoms with E-state index in [1.165, 1.54) is 16.8 Å². The summed E-state index contributed by atoms with van der Waals surface area (Å²) in [5.41, 5.74) is 3.74. The molecule has 4 nitrogen and oxygen atoms in total. The maximum absolute atomic E-state index is 11.3. The lowest BCUT2D eigenvalue weighted by Crippen LogP contribution is -2.26. The molecule has 0 radical (unpaired) electrons. The van der Waals surface area contributed by atoms with E-state index in [1.807, 2.05) is 7.05 Å². The van der Waals surface area contributed by atoms with E-state index >= 15 is 0 Å². The topological polar surface area (TPSA) is 44.4 Å². The second-order valence-corrected chi connectivity index (χ2v) is 5.14. The highest BCUT2D eigenvalue weighted by atomic mass is 16.1. The minimum atomic E-state index is 0.0786. The van der Waals surface area contributed by atoms with Gasteiger partial charge in [-0.15, -0.1) is 0 Å². The van der Waals surface area contributed by atoms with Gasteiger partial charge in [0.1, 0.15) is 0 Å². The fourth-order valence-electron chi connectivity index (χ4n) is 2.18. The third-order valence-corrected chi connectivity index (χ3v) is 3.38. The van der Waals surface area contributed by atoms with Crippen LogP contribution in [0.1, 0.15) is 30.9 Å². The average Bonchev–Trinajstić information content (AvgIpc) is 2.44. The Morgan fingerprint density at radius 1 is 1.35 bits per heavy atom. The molecular weight excluding hydrogens is 250 g/mol. The van der Waals surface area contributed by atoms with Gasteiger partial charge in [0.25, 0.3) is 0 Å². The van der Waals surface area contributed by atoms with Crippen LogP contribution in [0.3, 0.4) is 0 Å². The normalized spacial score (nSPS) is 10.4. The largest absolute Gasteiger partial charge is 0.374 e. The molecule has 1 aromatic carbocycles. The maximum atomic E-state index is 11.3. The first-order chi connectivity index (χ1) is 9.58. The van der Waals surface area contributed by atoms with Crippen molar-refractivity contribution >= 4 is 11.6 Å². The number of carbonyl (C=O) groups is 1. The molecule has 0 aromatic heterocycles. The molecule has 0 heterocycles. The average molecular weight is 277 g/mol. The minimum absolute atomic E-state index is 0.0786. The number of amides is 1. The molecule has 0 fully saturated rings. The van der Waals surface area contributed by atoms with E-state index in [-0.39, 0.29) is 5.91 Å². The molecule has 1 rings (SSSR count). The standard InChI is InChI=1S/C16H27N3O/c1-5-9-18-12-14-6-7-15(13(2)11-14)19(4)10-8-16(20)17-3/h6-7,11,18H,5,8-10,12H2,1-4H3,(H,17,20). The smallest absolute Gasteiger partial charge is 0.221 e. The van der Waals surface area contributed by atoms with Crippen molar-refractivity contribution in [2.24, 2.45) is 0 Å². The van der Waals surface area contributed by atoms with Gasteiger partial charge in [0.15, 0.2) is 0 Å². The summed E-state index contributed by atoms with van der Waals surface area (Å²) in [5.74, 6) is 0.0786. The van der Waals surface area contributed by atoms with Gasteiger partial charge in [-0.25, -0.2) is 0 Å². The SMILES string of the molecule is CCCNCc1ccc(N(C)CCC(=O)NC)c(C)c1. The molecule has 112 valence electrons. The zero-order valence-electron chi connectivity index (χ0n) is 13.1. The molecule has 0 unspecified atom stereocenters. The number of aryl methyl sites for hydroxylation is 1. The Morgan fingerprint density at radius 3 is 2.70 bits per heavy atom. The zero-order chi connectivity index (χ0) is 15.0. The van der Waals surface area contributed by atoms with E-state index in [2.05, 4.69) is 47.6 Å². The first-order valence-corrected chi connectivity index (χ1v) is 7.30. The van der Waals surface area contributed by atoms with Crippen molar-refractivity contribution in [3.05, 3.63) is 29.3 Å². The molecule has 4 heteroatoms. The van der Waals surface area contributed by atoms with Gasteiger partial charge < -0.3 is 15.5 Å². The van der Waals surface area contributed by atoms with E-state index in [9.17, 15) is 4.79 Å². The predicted molar refractivity (Wildman–Crippen MR) is 85.1 cm³/mol. The van der Waals surface area contributed by atoms with Crippen molar-refractivity contribution in [3.8, 4) is 0 Å². The van der Waals surface area contributed by atoms with Crippen LogP contribution in [-0.4, -0.2) is 33.1 Å². The molecule has 20 heavy (non-hydrogen) atoms. The molecule has 1 amide bonds. The quantitative estimate of drug-likeness (QED) is 0.715. The van der Waals surface area contributed by atoms with Gasteiger partial charge in [-0.05, 0) is 37.1 Å². The molecule has 1 aromatic rings. The molecule has 0 saturated carbocycles. The number of nitrogens with one attached hydrogen (secondary N) is 2. The van der Waals surface area contributed by atoms with Gasteiger partial charge >= 0.3 is 0 Å². The lowest BCUT2D eigenvalue weighted by molar-refractivity contribution is -0.120. The van der Waals surface area contributed by atoms with Gasteiger partial charge in [0.2, 0.25) is 5.91 Å². The minimum Gasteiger partial charge on any atom is -0.374 e. The van der Waals surface area contributed by atoms with Crippen LogP contribution in [0.25, 0.3) is 0 Å². The molecule has 0 aliphatic heterocycles. The third kappa shape index (κ3) is 5.21. The van der Waals surface area contributed by atoms with Gasteiger partial charge in [-0.3, -0.25) is 4.79 Å². The van der Waals surface area contributed by atoms with Gasteiger partial charge in [0, 0.05) is 39.3 Å². The Morgan fingerprint density at radius 2 is 2.10 bits per heavy atom. The van der Waals surface area contributed by atoms with Crippen molar-refractivity contribution in [1.82, 2.24) is 10.6 Å². The molecule has 2 N–H and O–H groups in total. The number of carbonyl (C=O) groups excluding carboxylic acids is 1. The Balaban J connectivity index is 2.60. The highest BCUT2D eigenvalue weighted by Gasteiger charge is 2.07. The summed E-state index contributed by atoms with van der Waals surface area (Å²) in [6.07, 6.45) is 1.67. The van der Waals surface area contributed by atoms with Crippen LogP contribution < -0.4 is 15.5 Å². The number of anilines is 1. The highest BCUT2D eigenvalue weighted by molar-refractivity contribution is 5.76. The van der Waals surface area contributed by atoms with Gasteiger partial charge in [0.05, 0.1) is 0 Å². The van der Waals surface area contributed by atoms with Gasteiger partial charge in [-0.2, -0.15) is 0 Å². The van der Waals surface area contributed by atoms with Crippen LogP contribution >= 0.6 is 0 Å².